The Kier molecular flexibility index (Phi) is 21.5. The molecule has 470 valence electrons. The van der Waals surface area contributed by atoms with E-state index in [2.05, 4.69) is 39.1 Å². The number of aliphatic hydroxyl groups is 2. The number of rotatable bonds is 10. The maximum atomic E-state index is 12.8. The maximum Gasteiger partial charge on any atom is 0.410 e. The normalized spacial score (nSPS) is 16.7. The molecule has 6 aromatic rings. The number of nitrogens with zero attached hydrogens (tertiary/aromatic N) is 10. The molecule has 4 aliphatic heterocycles. The molecular weight excluding hydrogens is 1240 g/mol. The van der Waals surface area contributed by atoms with Crippen molar-refractivity contribution < 1.29 is 48.4 Å². The number of hydrogen-bond acceptors (Lipinski definition) is 14. The molecule has 22 nitrogen and oxygen atoms in total. The van der Waals surface area contributed by atoms with Crippen molar-refractivity contribution in [3.63, 3.8) is 0 Å². The van der Waals surface area contributed by atoms with Gasteiger partial charge in [-0.25, -0.2) is 24.5 Å². The smallest absolute Gasteiger partial charge is 0.410 e. The number of epoxide rings is 1. The third kappa shape index (κ3) is 19.3. The number of carbonyl (C=O) groups is 5. The molecule has 10 rings (SSSR count). The first-order valence-electron chi connectivity index (χ1n) is 27.9. The van der Waals surface area contributed by atoms with Crippen LogP contribution in [0.3, 0.4) is 0 Å². The molecule has 0 aliphatic carbocycles. The zero-order valence-corrected chi connectivity index (χ0v) is 55.0. The topological polar surface area (TPSA) is 249 Å². The van der Waals surface area contributed by atoms with Crippen LogP contribution < -0.4 is 5.32 Å². The van der Waals surface area contributed by atoms with Crippen LogP contribution in [0.5, 0.6) is 0 Å². The summed E-state index contributed by atoms with van der Waals surface area (Å²) in [4.78, 5) is 86.3. The summed E-state index contributed by atoms with van der Waals surface area (Å²) in [6.07, 6.45) is -0.980. The Balaban J connectivity index is 0.000000178. The number of imidazole rings is 3. The first kappa shape index (κ1) is 68.1. The number of hydrogen-bond donors (Lipinski definition) is 4. The molecule has 0 bridgehead atoms. The lowest BCUT2D eigenvalue weighted by atomic mass is 10.1. The van der Waals surface area contributed by atoms with E-state index in [0.29, 0.717) is 129 Å². The minimum atomic E-state index is -1.02. The molecule has 86 heavy (non-hydrogen) atoms. The molecular formula is C58H76Cl6N12O10. The van der Waals surface area contributed by atoms with Crippen molar-refractivity contribution in [2.45, 2.75) is 144 Å². The molecule has 28 heteroatoms. The fourth-order valence-corrected chi connectivity index (χ4v) is 10.7. The highest BCUT2D eigenvalue weighted by molar-refractivity contribution is 6.39. The highest BCUT2D eigenvalue weighted by atomic mass is 35.5. The number of aromatic amines is 1. The average Bonchev–Trinajstić information content (AvgIpc) is 1.78. The van der Waals surface area contributed by atoms with E-state index < -0.39 is 34.6 Å². The molecule has 3 aromatic heterocycles. The molecule has 4 fully saturated rings. The van der Waals surface area contributed by atoms with E-state index in [1.807, 2.05) is 9.13 Å². The van der Waals surface area contributed by atoms with Gasteiger partial charge in [-0.2, -0.15) is 0 Å². The number of halogens is 6. The Labute approximate surface area is 530 Å². The van der Waals surface area contributed by atoms with Gasteiger partial charge in [-0.3, -0.25) is 24.2 Å². The molecule has 4 saturated heterocycles. The number of fused-ring (bicyclic) bond motifs is 3. The van der Waals surface area contributed by atoms with Crippen molar-refractivity contribution in [3.05, 3.63) is 84.0 Å². The van der Waals surface area contributed by atoms with Gasteiger partial charge < -0.3 is 58.6 Å². The molecule has 5 amide bonds. The van der Waals surface area contributed by atoms with Crippen LogP contribution in [0.2, 0.25) is 30.1 Å². The van der Waals surface area contributed by atoms with Gasteiger partial charge in [-0.1, -0.05) is 69.6 Å². The second-order valence-corrected chi connectivity index (χ2v) is 27.8. The summed E-state index contributed by atoms with van der Waals surface area (Å²) in [5.74, 6) is 1.55. The lowest BCUT2D eigenvalue weighted by Gasteiger charge is -2.35. The number of amides is 5. The molecule has 3 aromatic carbocycles. The van der Waals surface area contributed by atoms with Gasteiger partial charge >= 0.3 is 12.2 Å². The third-order valence-corrected chi connectivity index (χ3v) is 14.7. The number of aromatic nitrogens is 6. The van der Waals surface area contributed by atoms with E-state index in [0.717, 1.165) is 24.2 Å². The fraction of sp³-hybridized carbons (Fsp3) is 0.552. The van der Waals surface area contributed by atoms with E-state index in [1.54, 1.807) is 120 Å². The Bertz CT molecular complexity index is 3480. The number of benzene rings is 3. The Hall–Kier alpha value is -5.40. The second-order valence-electron chi connectivity index (χ2n) is 25.3. The largest absolute Gasteiger partial charge is 0.444 e. The van der Waals surface area contributed by atoms with Gasteiger partial charge in [0, 0.05) is 54.3 Å². The monoisotopic (exact) mass is 1310 g/mol. The van der Waals surface area contributed by atoms with Crippen LogP contribution in [0.4, 0.5) is 9.59 Å². The van der Waals surface area contributed by atoms with Crippen molar-refractivity contribution in [1.82, 2.24) is 58.9 Å². The molecule has 0 radical (unpaired) electrons. The average molecular weight is 1310 g/mol. The lowest BCUT2D eigenvalue weighted by molar-refractivity contribution is -0.137. The van der Waals surface area contributed by atoms with Crippen LogP contribution in [0.25, 0.3) is 33.1 Å². The molecule has 0 atom stereocenters. The Morgan fingerprint density at radius 2 is 0.977 bits per heavy atom. The van der Waals surface area contributed by atoms with Crippen molar-refractivity contribution in [2.75, 3.05) is 65.5 Å². The number of nitrogens with one attached hydrogen (secondary N) is 2. The first-order chi connectivity index (χ1) is 39.8. The summed E-state index contributed by atoms with van der Waals surface area (Å²) in [5.41, 5.74) is 1.05. The van der Waals surface area contributed by atoms with Crippen molar-refractivity contribution in [2.24, 2.45) is 0 Å². The van der Waals surface area contributed by atoms with Gasteiger partial charge in [0.2, 0.25) is 17.7 Å². The number of carbonyl (C=O) groups excluding carboxylic acids is 5. The summed E-state index contributed by atoms with van der Waals surface area (Å²) in [5, 5.41) is 26.5. The lowest BCUT2D eigenvalue weighted by Crippen LogP contribution is -2.53. The number of piperazine rings is 3. The number of H-pyrrole nitrogens is 1. The van der Waals surface area contributed by atoms with Crippen LogP contribution in [0.15, 0.2) is 36.4 Å². The van der Waals surface area contributed by atoms with Crippen molar-refractivity contribution in [1.29, 1.82) is 0 Å². The van der Waals surface area contributed by atoms with Crippen LogP contribution in [0, 0.1) is 0 Å². The summed E-state index contributed by atoms with van der Waals surface area (Å²) < 4.78 is 19.3. The standard InChI is InChI=1S/C21H28Cl2N4O4.C17H20Cl2N4O3.C16H20Cl2N4O2.C4H8O/c1-20(2,3)31-19(29)26-7-6-25(17(28)11-26)10-16-24-18-14(23)8-13(22)9-15(18)27(16)12-21(4,5)30;1-17(2,3)26-16(25)23-5-4-22(14(24)9-23)8-13-20-12-7-10(18)6-11(19)15(12)21-13;1-16(2,24)9-22-12-6-10(17)5-11(18)15(12)20-13(22)8-21-4-3-19-7-14(21)23;1-4(2)3-5-4/h8-9,30H,6-7,10-12H2,1-5H3;6-7H,4-5,8-9H2,1-3H3,(H,20,21);5-6,19,24H,3-4,7-9H2,1-2H3;3H2,1-2H3. The van der Waals surface area contributed by atoms with Gasteiger partial charge in [0.25, 0.3) is 0 Å². The van der Waals surface area contributed by atoms with Gasteiger partial charge in [-0.05, 0) is 119 Å². The van der Waals surface area contributed by atoms with E-state index in [9.17, 15) is 34.2 Å². The minimum absolute atomic E-state index is 0.0122. The molecule has 0 spiro atoms. The predicted molar refractivity (Wildman–Crippen MR) is 333 cm³/mol. The van der Waals surface area contributed by atoms with Crippen molar-refractivity contribution in [3.8, 4) is 0 Å². The van der Waals surface area contributed by atoms with Crippen LogP contribution in [-0.2, 0) is 61.3 Å². The molecule has 7 heterocycles. The van der Waals surface area contributed by atoms with E-state index in [4.69, 9.17) is 83.8 Å². The van der Waals surface area contributed by atoms with E-state index >= 15 is 0 Å². The predicted octanol–water partition coefficient (Wildman–Crippen LogP) is 9.98. The molecule has 0 saturated carbocycles. The summed E-state index contributed by atoms with van der Waals surface area (Å²) in [6, 6.07) is 10.1. The zero-order chi connectivity index (χ0) is 63.6. The van der Waals surface area contributed by atoms with Gasteiger partial charge in [0.15, 0.2) is 0 Å². The Morgan fingerprint density at radius 1 is 0.581 bits per heavy atom. The fourth-order valence-electron chi connectivity index (χ4n) is 9.13. The van der Waals surface area contributed by atoms with E-state index in [-0.39, 0.29) is 49.5 Å². The minimum Gasteiger partial charge on any atom is -0.444 e. The van der Waals surface area contributed by atoms with Gasteiger partial charge in [-0.15, -0.1) is 0 Å². The van der Waals surface area contributed by atoms with Crippen LogP contribution in [-0.4, -0.2) is 187 Å². The summed E-state index contributed by atoms with van der Waals surface area (Å²) in [6.45, 7) is 27.3. The van der Waals surface area contributed by atoms with Crippen LogP contribution >= 0.6 is 69.6 Å². The molecule has 0 unspecified atom stereocenters. The van der Waals surface area contributed by atoms with Gasteiger partial charge in [0.05, 0.1) is 94.3 Å². The highest BCUT2D eigenvalue weighted by Crippen LogP contribution is 2.33. The SMILES string of the molecule is CC(C)(C)OC(=O)N1CCN(Cc2nc3c(Cl)cc(Cl)cc3[nH]2)C(=O)C1.CC(C)(O)Cn1c(CN2CCN(C(=O)OC(C)(C)C)CC2=O)nc2c(Cl)cc(Cl)cc21.CC(C)(O)Cn1c(CN2CCNCC2=O)nc2c(Cl)cc(Cl)cc21.CC1(C)CO1. The first-order valence-corrected chi connectivity index (χ1v) is 30.2. The third-order valence-electron chi connectivity index (χ3n) is 13.2. The quantitative estimate of drug-likeness (QED) is 0.0932. The highest BCUT2D eigenvalue weighted by Gasteiger charge is 2.35. The second kappa shape index (κ2) is 27.1. The summed E-state index contributed by atoms with van der Waals surface area (Å²) in [7, 11) is 0. The number of ether oxygens (including phenoxy) is 3. The molecule has 4 aliphatic rings. The summed E-state index contributed by atoms with van der Waals surface area (Å²) >= 11 is 37.1. The van der Waals surface area contributed by atoms with Crippen molar-refractivity contribution >= 4 is 133 Å². The Morgan fingerprint density at radius 3 is 1.36 bits per heavy atom. The van der Waals surface area contributed by atoms with Crippen LogP contribution in [0.1, 0.15) is 101 Å². The zero-order valence-electron chi connectivity index (χ0n) is 50.5. The molecule has 4 N–H and O–H groups in total. The van der Waals surface area contributed by atoms with Gasteiger partial charge in [0.1, 0.15) is 58.3 Å². The van der Waals surface area contributed by atoms with E-state index in [1.165, 1.54) is 9.80 Å². The maximum absolute atomic E-state index is 12.8.